The summed E-state index contributed by atoms with van der Waals surface area (Å²) in [7, 11) is 0. The van der Waals surface area contributed by atoms with Gasteiger partial charge in [-0.1, -0.05) is 6.92 Å². The summed E-state index contributed by atoms with van der Waals surface area (Å²) in [6.07, 6.45) is 1.64. The molecule has 3 amide bonds. The molecule has 1 N–H and O–H groups in total. The number of aromatic nitrogens is 2. The molecule has 0 bridgehead atoms. The maximum Gasteiger partial charge on any atom is 0.325 e. The minimum Gasteiger partial charge on any atom is -0.324 e. The Morgan fingerprint density at radius 2 is 1.96 bits per heavy atom. The van der Waals surface area contributed by atoms with Gasteiger partial charge >= 0.3 is 6.03 Å². The minimum absolute atomic E-state index is 0.0710. The number of imide groups is 1. The third-order valence-corrected chi connectivity index (χ3v) is 4.74. The molecule has 8 nitrogen and oxygen atoms in total. The first-order valence-corrected chi connectivity index (χ1v) is 8.78. The van der Waals surface area contributed by atoms with E-state index in [4.69, 9.17) is 0 Å². The number of carbonyl (C=O) groups excluding carboxylic acids is 2. The van der Waals surface area contributed by atoms with Crippen molar-refractivity contribution in [2.75, 3.05) is 19.6 Å². The molecule has 1 saturated heterocycles. The number of aryl methyl sites for hydroxylation is 1. The van der Waals surface area contributed by atoms with E-state index in [1.54, 1.807) is 19.9 Å². The molecule has 8 heteroatoms. The average Bonchev–Trinajstić information content (AvgIpc) is 2.74. The fourth-order valence-electron chi connectivity index (χ4n) is 3.32. The van der Waals surface area contributed by atoms with Crippen molar-refractivity contribution in [2.45, 2.75) is 52.2 Å². The van der Waals surface area contributed by atoms with Crippen molar-refractivity contribution in [3.63, 3.8) is 0 Å². The van der Waals surface area contributed by atoms with Crippen molar-refractivity contribution in [2.24, 2.45) is 0 Å². The minimum atomic E-state index is -0.833. The predicted octanol–water partition coefficient (Wildman–Crippen LogP) is 0.342. The molecular weight excluding hydrogens is 322 g/mol. The highest BCUT2D eigenvalue weighted by atomic mass is 16.2. The summed E-state index contributed by atoms with van der Waals surface area (Å²) < 4.78 is 1.53. The zero-order valence-electron chi connectivity index (χ0n) is 15.0. The Balaban J connectivity index is 1.64. The SMILES string of the molecule is CCCn1nc2c(cc1=O)CN(CCN1C(=O)NC(C)(C)C1=O)CC2. The summed E-state index contributed by atoms with van der Waals surface area (Å²) in [6.45, 7) is 8.43. The molecule has 3 heterocycles. The van der Waals surface area contributed by atoms with Crippen molar-refractivity contribution in [3.05, 3.63) is 27.7 Å². The Morgan fingerprint density at radius 1 is 1.20 bits per heavy atom. The van der Waals surface area contributed by atoms with Gasteiger partial charge < -0.3 is 5.32 Å². The number of hydrogen-bond acceptors (Lipinski definition) is 5. The van der Waals surface area contributed by atoms with Crippen molar-refractivity contribution in [1.29, 1.82) is 0 Å². The van der Waals surface area contributed by atoms with Crippen LogP contribution in [0.1, 0.15) is 38.4 Å². The van der Waals surface area contributed by atoms with Crippen molar-refractivity contribution < 1.29 is 9.59 Å². The Kier molecular flexibility index (Phi) is 4.64. The maximum atomic E-state index is 12.2. The van der Waals surface area contributed by atoms with E-state index in [9.17, 15) is 14.4 Å². The molecule has 136 valence electrons. The Labute approximate surface area is 146 Å². The van der Waals surface area contributed by atoms with Crippen LogP contribution in [-0.4, -0.2) is 56.7 Å². The van der Waals surface area contributed by atoms with Crippen molar-refractivity contribution >= 4 is 11.9 Å². The van der Waals surface area contributed by atoms with Crippen LogP contribution < -0.4 is 10.9 Å². The number of nitrogens with one attached hydrogen (secondary N) is 1. The summed E-state index contributed by atoms with van der Waals surface area (Å²) in [5, 5.41) is 7.15. The maximum absolute atomic E-state index is 12.2. The van der Waals surface area contributed by atoms with Crippen LogP contribution >= 0.6 is 0 Å². The summed E-state index contributed by atoms with van der Waals surface area (Å²) in [5.41, 5.74) is 1.01. The highest BCUT2D eigenvalue weighted by Gasteiger charge is 2.44. The molecule has 0 aliphatic carbocycles. The molecule has 0 spiro atoms. The molecular formula is C17H25N5O3. The second-order valence-electron chi connectivity index (χ2n) is 7.22. The Bertz CT molecular complexity index is 755. The van der Waals surface area contributed by atoms with Gasteiger partial charge in [-0.05, 0) is 25.8 Å². The Morgan fingerprint density at radius 3 is 2.60 bits per heavy atom. The molecule has 0 atom stereocenters. The number of rotatable bonds is 5. The van der Waals surface area contributed by atoms with Gasteiger partial charge in [-0.25, -0.2) is 9.48 Å². The molecule has 0 aromatic carbocycles. The van der Waals surface area contributed by atoms with Gasteiger partial charge in [-0.3, -0.25) is 19.4 Å². The zero-order valence-corrected chi connectivity index (χ0v) is 15.0. The first-order valence-electron chi connectivity index (χ1n) is 8.78. The number of amides is 3. The van der Waals surface area contributed by atoms with Gasteiger partial charge in [0.1, 0.15) is 5.54 Å². The Hall–Kier alpha value is -2.22. The van der Waals surface area contributed by atoms with Crippen LogP contribution in [0.2, 0.25) is 0 Å². The molecule has 0 saturated carbocycles. The van der Waals surface area contributed by atoms with E-state index < -0.39 is 5.54 Å². The quantitative estimate of drug-likeness (QED) is 0.776. The number of carbonyl (C=O) groups is 2. The lowest BCUT2D eigenvalue weighted by molar-refractivity contribution is -0.130. The van der Waals surface area contributed by atoms with Gasteiger partial charge in [-0.15, -0.1) is 0 Å². The predicted molar refractivity (Wildman–Crippen MR) is 92.1 cm³/mol. The second kappa shape index (κ2) is 6.59. The summed E-state index contributed by atoms with van der Waals surface area (Å²) in [4.78, 5) is 39.7. The molecule has 0 unspecified atom stereocenters. The standard InChI is InChI=1S/C17H25N5O3/c1-4-6-22-14(23)10-12-11-20(7-5-13(12)19-22)8-9-21-15(24)17(2,3)18-16(21)25/h10H,4-9,11H2,1-3H3,(H,18,25). The summed E-state index contributed by atoms with van der Waals surface area (Å²) in [5.74, 6) is -0.195. The molecule has 2 aliphatic rings. The number of nitrogens with zero attached hydrogens (tertiary/aromatic N) is 4. The van der Waals surface area contributed by atoms with Crippen LogP contribution in [-0.2, 0) is 24.3 Å². The largest absolute Gasteiger partial charge is 0.325 e. The van der Waals surface area contributed by atoms with Crippen LogP contribution in [0.15, 0.2) is 10.9 Å². The zero-order chi connectivity index (χ0) is 18.2. The third-order valence-electron chi connectivity index (χ3n) is 4.74. The van der Waals surface area contributed by atoms with Gasteiger partial charge in [0.15, 0.2) is 0 Å². The van der Waals surface area contributed by atoms with Gasteiger partial charge in [0.05, 0.1) is 5.69 Å². The molecule has 1 aromatic heterocycles. The van der Waals surface area contributed by atoms with Gasteiger partial charge in [0, 0.05) is 45.2 Å². The van der Waals surface area contributed by atoms with Crippen molar-refractivity contribution in [1.82, 2.24) is 24.9 Å². The first-order chi connectivity index (χ1) is 11.8. The second-order valence-corrected chi connectivity index (χ2v) is 7.22. The van der Waals surface area contributed by atoms with Crippen LogP contribution in [0, 0.1) is 0 Å². The van der Waals surface area contributed by atoms with Crippen LogP contribution in [0.4, 0.5) is 4.79 Å². The number of fused-ring (bicyclic) bond motifs is 1. The average molecular weight is 347 g/mol. The van der Waals surface area contributed by atoms with Gasteiger partial charge in [0.25, 0.3) is 11.5 Å². The summed E-state index contributed by atoms with van der Waals surface area (Å²) >= 11 is 0. The molecule has 3 rings (SSSR count). The van der Waals surface area contributed by atoms with E-state index in [0.29, 0.717) is 26.2 Å². The lowest BCUT2D eigenvalue weighted by Crippen LogP contribution is -2.43. The van der Waals surface area contributed by atoms with Crippen LogP contribution in [0.5, 0.6) is 0 Å². The highest BCUT2D eigenvalue weighted by molar-refractivity contribution is 6.06. The van der Waals surface area contributed by atoms with Gasteiger partial charge in [-0.2, -0.15) is 5.10 Å². The normalized spacial score (nSPS) is 19.9. The fourth-order valence-corrected chi connectivity index (χ4v) is 3.32. The van der Waals surface area contributed by atoms with E-state index in [-0.39, 0.29) is 17.5 Å². The monoisotopic (exact) mass is 347 g/mol. The van der Waals surface area contributed by atoms with E-state index >= 15 is 0 Å². The lowest BCUT2D eigenvalue weighted by Gasteiger charge is -2.29. The first kappa shape index (κ1) is 17.6. The molecule has 0 radical (unpaired) electrons. The molecule has 1 aromatic rings. The molecule has 2 aliphatic heterocycles. The van der Waals surface area contributed by atoms with E-state index in [2.05, 4.69) is 15.3 Å². The summed E-state index contributed by atoms with van der Waals surface area (Å²) in [6, 6.07) is 1.33. The van der Waals surface area contributed by atoms with Gasteiger partial charge in [0.2, 0.25) is 0 Å². The molecule has 25 heavy (non-hydrogen) atoms. The fraction of sp³-hybridized carbons (Fsp3) is 0.647. The smallest absolute Gasteiger partial charge is 0.324 e. The topological polar surface area (TPSA) is 87.5 Å². The van der Waals surface area contributed by atoms with E-state index in [1.165, 1.54) is 9.58 Å². The van der Waals surface area contributed by atoms with Crippen molar-refractivity contribution in [3.8, 4) is 0 Å². The highest BCUT2D eigenvalue weighted by Crippen LogP contribution is 2.18. The lowest BCUT2D eigenvalue weighted by atomic mass is 10.1. The van der Waals surface area contributed by atoms with Crippen LogP contribution in [0.3, 0.4) is 0 Å². The third kappa shape index (κ3) is 3.44. The number of hydrogen-bond donors (Lipinski definition) is 1. The van der Waals surface area contributed by atoms with E-state index in [1.807, 2.05) is 6.92 Å². The van der Waals surface area contributed by atoms with Crippen LogP contribution in [0.25, 0.3) is 0 Å². The number of urea groups is 1. The molecule has 1 fully saturated rings. The van der Waals surface area contributed by atoms with E-state index in [0.717, 1.165) is 30.6 Å².